The second-order valence-electron chi connectivity index (χ2n) is 8.31. The molecule has 8 nitrogen and oxygen atoms in total. The topological polar surface area (TPSA) is 107 Å². The summed E-state index contributed by atoms with van der Waals surface area (Å²) in [6.45, 7) is 4.11. The number of nitrogens with two attached hydrogens (primary N) is 1. The molecule has 0 aliphatic rings. The Morgan fingerprint density at radius 2 is 1.79 bits per heavy atom. The van der Waals surface area contributed by atoms with Crippen molar-refractivity contribution in [3.05, 3.63) is 59.9 Å². The van der Waals surface area contributed by atoms with Crippen molar-refractivity contribution in [2.45, 2.75) is 39.2 Å². The van der Waals surface area contributed by atoms with E-state index in [9.17, 15) is 4.79 Å². The SMILES string of the molecule is CCCNC(=O)NCCCCn1c(Cc2ccc(OC)cc2)nc2c(N)nc3ccccc3c21. The summed E-state index contributed by atoms with van der Waals surface area (Å²) >= 11 is 0. The van der Waals surface area contributed by atoms with E-state index in [2.05, 4.69) is 38.4 Å². The average Bonchev–Trinajstić information content (AvgIpc) is 3.22. The van der Waals surface area contributed by atoms with Crippen LogP contribution in [0.4, 0.5) is 10.6 Å². The fraction of sp³-hybridized carbons (Fsp3) is 0.346. The van der Waals surface area contributed by atoms with Crippen molar-refractivity contribution in [1.82, 2.24) is 25.2 Å². The van der Waals surface area contributed by atoms with Crippen LogP contribution in [0.5, 0.6) is 5.75 Å². The van der Waals surface area contributed by atoms with Crippen LogP contribution in [0.3, 0.4) is 0 Å². The van der Waals surface area contributed by atoms with E-state index >= 15 is 0 Å². The fourth-order valence-corrected chi connectivity index (χ4v) is 4.10. The number of aromatic nitrogens is 3. The zero-order valence-electron chi connectivity index (χ0n) is 19.8. The standard InChI is InChI=1S/C26H32N6O2/c1-3-14-28-26(33)29-15-6-7-16-32-22(17-18-10-12-19(34-2)13-11-18)31-23-24(32)20-8-4-5-9-21(20)30-25(23)27/h4-5,8-13H,3,6-7,14-17H2,1-2H3,(H2,27,30)(H2,28,29,33). The van der Waals surface area contributed by atoms with Crippen LogP contribution in [-0.4, -0.2) is 40.8 Å². The lowest BCUT2D eigenvalue weighted by molar-refractivity contribution is 0.240. The molecule has 0 saturated heterocycles. The van der Waals surface area contributed by atoms with Gasteiger partial charge in [-0.05, 0) is 43.0 Å². The Hall–Kier alpha value is -3.81. The summed E-state index contributed by atoms with van der Waals surface area (Å²) in [5.41, 5.74) is 10.1. The van der Waals surface area contributed by atoms with Crippen LogP contribution >= 0.6 is 0 Å². The molecule has 2 aromatic carbocycles. The van der Waals surface area contributed by atoms with E-state index < -0.39 is 0 Å². The molecule has 0 fully saturated rings. The second-order valence-corrected chi connectivity index (χ2v) is 8.31. The van der Waals surface area contributed by atoms with Crippen molar-refractivity contribution in [1.29, 1.82) is 0 Å². The number of methoxy groups -OCH3 is 1. The van der Waals surface area contributed by atoms with E-state index in [1.165, 1.54) is 0 Å². The predicted molar refractivity (Wildman–Crippen MR) is 136 cm³/mol. The molecule has 0 bridgehead atoms. The number of fused-ring (bicyclic) bond motifs is 3. The maximum atomic E-state index is 11.8. The number of benzene rings is 2. The van der Waals surface area contributed by atoms with Crippen LogP contribution < -0.4 is 21.1 Å². The molecule has 0 atom stereocenters. The number of aryl methyl sites for hydroxylation is 1. The Balaban J connectivity index is 1.60. The number of pyridine rings is 1. The summed E-state index contributed by atoms with van der Waals surface area (Å²) in [7, 11) is 1.66. The molecule has 0 radical (unpaired) electrons. The van der Waals surface area contributed by atoms with Crippen molar-refractivity contribution < 1.29 is 9.53 Å². The van der Waals surface area contributed by atoms with Crippen molar-refractivity contribution in [2.24, 2.45) is 0 Å². The van der Waals surface area contributed by atoms with Crippen LogP contribution in [0.2, 0.25) is 0 Å². The summed E-state index contributed by atoms with van der Waals surface area (Å²) in [6.07, 6.45) is 3.35. The molecule has 0 aliphatic carbocycles. The van der Waals surface area contributed by atoms with Gasteiger partial charge in [0.1, 0.15) is 17.1 Å². The molecular formula is C26H32N6O2. The quantitative estimate of drug-likeness (QED) is 0.307. The molecule has 2 heterocycles. The van der Waals surface area contributed by atoms with E-state index in [-0.39, 0.29) is 6.03 Å². The molecule has 2 aromatic heterocycles. The third kappa shape index (κ3) is 5.22. The molecule has 0 aliphatic heterocycles. The smallest absolute Gasteiger partial charge is 0.314 e. The van der Waals surface area contributed by atoms with Crippen molar-refractivity contribution >= 4 is 33.8 Å². The van der Waals surface area contributed by atoms with Gasteiger partial charge in [-0.2, -0.15) is 0 Å². The molecule has 4 rings (SSSR count). The van der Waals surface area contributed by atoms with Gasteiger partial charge in [-0.15, -0.1) is 0 Å². The maximum absolute atomic E-state index is 11.8. The van der Waals surface area contributed by atoms with E-state index in [0.717, 1.165) is 64.9 Å². The lowest BCUT2D eigenvalue weighted by Crippen LogP contribution is -2.36. The van der Waals surface area contributed by atoms with Gasteiger partial charge in [-0.25, -0.2) is 14.8 Å². The highest BCUT2D eigenvalue weighted by Gasteiger charge is 2.17. The Morgan fingerprint density at radius 1 is 1.03 bits per heavy atom. The number of hydrogen-bond acceptors (Lipinski definition) is 5. The highest BCUT2D eigenvalue weighted by atomic mass is 16.5. The van der Waals surface area contributed by atoms with E-state index in [4.69, 9.17) is 15.5 Å². The van der Waals surface area contributed by atoms with Crippen molar-refractivity contribution in [3.63, 3.8) is 0 Å². The molecule has 4 aromatic rings. The molecular weight excluding hydrogens is 428 g/mol. The third-order valence-corrected chi connectivity index (χ3v) is 5.84. The van der Waals surface area contributed by atoms with Crippen molar-refractivity contribution in [3.8, 4) is 5.75 Å². The number of para-hydroxylation sites is 1. The number of nitrogens with one attached hydrogen (secondary N) is 2. The van der Waals surface area contributed by atoms with E-state index in [1.807, 2.05) is 37.3 Å². The van der Waals surface area contributed by atoms with Gasteiger partial charge in [-0.3, -0.25) is 0 Å². The summed E-state index contributed by atoms with van der Waals surface area (Å²) in [5.74, 6) is 2.21. The van der Waals surface area contributed by atoms with E-state index in [1.54, 1.807) is 7.11 Å². The average molecular weight is 461 g/mol. The maximum Gasteiger partial charge on any atom is 0.314 e. The molecule has 178 valence electrons. The van der Waals surface area contributed by atoms with Crippen LogP contribution in [-0.2, 0) is 13.0 Å². The summed E-state index contributed by atoms with van der Waals surface area (Å²) < 4.78 is 7.55. The number of rotatable bonds is 10. The Labute approximate surface area is 199 Å². The number of unbranched alkanes of at least 4 members (excludes halogenated alkanes) is 1. The number of carbonyl (C=O) groups excluding carboxylic acids is 1. The number of nitrogen functional groups attached to an aromatic ring is 1. The molecule has 0 spiro atoms. The number of nitrogens with zero attached hydrogens (tertiary/aromatic N) is 3. The monoisotopic (exact) mass is 460 g/mol. The van der Waals surface area contributed by atoms with Gasteiger partial charge in [0.25, 0.3) is 0 Å². The Morgan fingerprint density at radius 3 is 2.56 bits per heavy atom. The molecule has 34 heavy (non-hydrogen) atoms. The summed E-state index contributed by atoms with van der Waals surface area (Å²) in [4.78, 5) is 21.3. The van der Waals surface area contributed by atoms with Gasteiger partial charge in [0, 0.05) is 31.4 Å². The van der Waals surface area contributed by atoms with Crippen LogP contribution in [0, 0.1) is 0 Å². The van der Waals surface area contributed by atoms with Gasteiger partial charge in [0.15, 0.2) is 5.82 Å². The first-order valence-electron chi connectivity index (χ1n) is 11.8. The summed E-state index contributed by atoms with van der Waals surface area (Å²) in [5, 5.41) is 6.80. The minimum absolute atomic E-state index is 0.111. The normalized spacial score (nSPS) is 11.1. The minimum Gasteiger partial charge on any atom is -0.497 e. The number of imidazole rings is 1. The highest BCUT2D eigenvalue weighted by Crippen LogP contribution is 2.30. The second kappa shape index (κ2) is 10.9. The highest BCUT2D eigenvalue weighted by molar-refractivity contribution is 6.06. The molecule has 2 amide bonds. The summed E-state index contributed by atoms with van der Waals surface area (Å²) in [6, 6.07) is 15.9. The molecule has 0 saturated carbocycles. The van der Waals surface area contributed by atoms with Gasteiger partial charge < -0.3 is 25.7 Å². The third-order valence-electron chi connectivity index (χ3n) is 5.84. The fourth-order valence-electron chi connectivity index (χ4n) is 4.10. The Kier molecular flexibility index (Phi) is 7.47. The first kappa shape index (κ1) is 23.4. The number of ether oxygens (including phenoxy) is 1. The number of anilines is 1. The Bertz CT molecular complexity index is 1270. The number of amides is 2. The van der Waals surface area contributed by atoms with Gasteiger partial charge in [0.05, 0.1) is 18.1 Å². The zero-order valence-corrected chi connectivity index (χ0v) is 19.8. The van der Waals surface area contributed by atoms with Crippen molar-refractivity contribution in [2.75, 3.05) is 25.9 Å². The first-order chi connectivity index (χ1) is 16.6. The van der Waals surface area contributed by atoms with Gasteiger partial charge in [0.2, 0.25) is 0 Å². The number of carbonyl (C=O) groups is 1. The predicted octanol–water partition coefficient (Wildman–Crippen LogP) is 4.26. The number of hydrogen-bond donors (Lipinski definition) is 3. The molecule has 0 unspecified atom stereocenters. The molecule has 4 N–H and O–H groups in total. The largest absolute Gasteiger partial charge is 0.497 e. The van der Waals surface area contributed by atoms with Gasteiger partial charge in [-0.1, -0.05) is 37.3 Å². The van der Waals surface area contributed by atoms with Gasteiger partial charge >= 0.3 is 6.03 Å². The van der Waals surface area contributed by atoms with Crippen LogP contribution in [0.15, 0.2) is 48.5 Å². The number of urea groups is 1. The van der Waals surface area contributed by atoms with Crippen LogP contribution in [0.1, 0.15) is 37.6 Å². The molecule has 8 heteroatoms. The first-order valence-corrected chi connectivity index (χ1v) is 11.8. The lowest BCUT2D eigenvalue weighted by atomic mass is 10.1. The van der Waals surface area contributed by atoms with Crippen LogP contribution in [0.25, 0.3) is 21.9 Å². The lowest BCUT2D eigenvalue weighted by Gasteiger charge is -2.12. The zero-order chi connectivity index (χ0) is 23.9. The minimum atomic E-state index is -0.111. The van der Waals surface area contributed by atoms with E-state index in [0.29, 0.717) is 25.3 Å².